The van der Waals surface area contributed by atoms with Crippen molar-refractivity contribution in [3.05, 3.63) is 84.4 Å². The summed E-state index contributed by atoms with van der Waals surface area (Å²) in [5.74, 6) is 0.328. The van der Waals surface area contributed by atoms with E-state index in [4.69, 9.17) is 0 Å². The van der Waals surface area contributed by atoms with Crippen LogP contribution in [0.3, 0.4) is 0 Å². The topological polar surface area (TPSA) is 63.4 Å². The van der Waals surface area contributed by atoms with Gasteiger partial charge in [-0.2, -0.15) is 5.10 Å². The maximum absolute atomic E-state index is 13.5. The summed E-state index contributed by atoms with van der Waals surface area (Å²) in [5, 5.41) is 4.48. The van der Waals surface area contributed by atoms with Crippen LogP contribution in [0.1, 0.15) is 41.1 Å². The normalized spacial score (nSPS) is 18.6. The number of carbonyl (C=O) groups excluding carboxylic acids is 1. The quantitative estimate of drug-likeness (QED) is 0.518. The van der Waals surface area contributed by atoms with E-state index in [1.165, 1.54) is 5.56 Å². The molecule has 150 valence electrons. The van der Waals surface area contributed by atoms with Crippen molar-refractivity contribution >= 4 is 11.6 Å². The molecule has 1 aliphatic carbocycles. The predicted molar refractivity (Wildman–Crippen MR) is 115 cm³/mol. The summed E-state index contributed by atoms with van der Waals surface area (Å²) < 4.78 is 1.72. The van der Waals surface area contributed by atoms with Gasteiger partial charge in [0.1, 0.15) is 5.56 Å². The van der Waals surface area contributed by atoms with Gasteiger partial charge in [-0.25, -0.2) is 9.50 Å². The third-order valence-electron chi connectivity index (χ3n) is 6.11. The van der Waals surface area contributed by atoms with Crippen LogP contribution in [-0.4, -0.2) is 43.5 Å². The average molecular weight is 397 g/mol. The molecule has 5 rings (SSSR count). The van der Waals surface area contributed by atoms with E-state index >= 15 is 0 Å². The molecule has 0 spiro atoms. The molecule has 6 nitrogen and oxygen atoms in total. The summed E-state index contributed by atoms with van der Waals surface area (Å²) in [7, 11) is 1.91. The number of hydrogen-bond donors (Lipinski definition) is 0. The molecule has 3 heterocycles. The molecule has 2 unspecified atom stereocenters. The summed E-state index contributed by atoms with van der Waals surface area (Å²) >= 11 is 0. The number of likely N-dealkylation sites (N-methyl/N-ethyl adjacent to an activating group) is 1. The Morgan fingerprint density at radius 2 is 1.90 bits per heavy atom. The van der Waals surface area contributed by atoms with Gasteiger partial charge in [0.15, 0.2) is 5.65 Å². The Morgan fingerprint density at radius 3 is 2.70 bits per heavy atom. The van der Waals surface area contributed by atoms with E-state index in [1.807, 2.05) is 36.2 Å². The molecule has 0 aliphatic heterocycles. The second-order valence-electron chi connectivity index (χ2n) is 7.80. The van der Waals surface area contributed by atoms with Gasteiger partial charge in [-0.15, -0.1) is 0 Å². The van der Waals surface area contributed by atoms with Gasteiger partial charge in [-0.3, -0.25) is 9.78 Å². The van der Waals surface area contributed by atoms with Crippen LogP contribution >= 0.6 is 0 Å². The highest BCUT2D eigenvalue weighted by Gasteiger charge is 2.35. The number of carbonyl (C=O) groups is 1. The van der Waals surface area contributed by atoms with Crippen molar-refractivity contribution in [3.63, 3.8) is 0 Å². The largest absolute Gasteiger partial charge is 0.338 e. The number of pyridine rings is 1. The second-order valence-corrected chi connectivity index (χ2v) is 7.80. The summed E-state index contributed by atoms with van der Waals surface area (Å²) in [6, 6.07) is 16.4. The number of aromatic nitrogens is 4. The Balaban J connectivity index is 1.48. The maximum atomic E-state index is 13.5. The van der Waals surface area contributed by atoms with Gasteiger partial charge in [0.2, 0.25) is 0 Å². The fourth-order valence-corrected chi connectivity index (χ4v) is 4.61. The number of rotatable bonds is 4. The smallest absolute Gasteiger partial charge is 0.259 e. The van der Waals surface area contributed by atoms with Crippen LogP contribution < -0.4 is 0 Å². The van der Waals surface area contributed by atoms with E-state index in [2.05, 4.69) is 39.3 Å². The zero-order valence-electron chi connectivity index (χ0n) is 16.8. The van der Waals surface area contributed by atoms with Gasteiger partial charge < -0.3 is 4.90 Å². The van der Waals surface area contributed by atoms with Gasteiger partial charge in [0, 0.05) is 43.2 Å². The van der Waals surface area contributed by atoms with Crippen molar-refractivity contribution in [2.75, 3.05) is 7.05 Å². The zero-order valence-corrected chi connectivity index (χ0v) is 16.8. The van der Waals surface area contributed by atoms with E-state index in [1.54, 1.807) is 29.3 Å². The van der Waals surface area contributed by atoms with E-state index in [-0.39, 0.29) is 11.9 Å². The maximum Gasteiger partial charge on any atom is 0.259 e. The van der Waals surface area contributed by atoms with Gasteiger partial charge >= 0.3 is 0 Å². The fourth-order valence-electron chi connectivity index (χ4n) is 4.61. The fraction of sp³-hybridized carbons (Fsp3) is 0.250. The molecule has 1 saturated carbocycles. The first-order chi connectivity index (χ1) is 14.7. The molecule has 0 radical (unpaired) electrons. The first-order valence-corrected chi connectivity index (χ1v) is 10.3. The summed E-state index contributed by atoms with van der Waals surface area (Å²) in [4.78, 5) is 24.0. The van der Waals surface area contributed by atoms with Gasteiger partial charge in [-0.1, -0.05) is 36.8 Å². The van der Waals surface area contributed by atoms with E-state index in [0.717, 1.165) is 30.5 Å². The molecule has 2 atom stereocenters. The van der Waals surface area contributed by atoms with Crippen LogP contribution in [0.4, 0.5) is 0 Å². The van der Waals surface area contributed by atoms with Gasteiger partial charge in [0.05, 0.1) is 11.9 Å². The lowest BCUT2D eigenvalue weighted by molar-refractivity contribution is 0.0723. The Morgan fingerprint density at radius 1 is 1.03 bits per heavy atom. The summed E-state index contributed by atoms with van der Waals surface area (Å²) in [6.07, 6.45) is 10.1. The van der Waals surface area contributed by atoms with Crippen LogP contribution in [0.2, 0.25) is 0 Å². The highest BCUT2D eigenvalue weighted by Crippen LogP contribution is 2.38. The lowest BCUT2D eigenvalue weighted by Gasteiger charge is -2.30. The van der Waals surface area contributed by atoms with Crippen molar-refractivity contribution in [2.24, 2.45) is 0 Å². The minimum absolute atomic E-state index is 0.0336. The highest BCUT2D eigenvalue weighted by molar-refractivity contribution is 6.00. The Hall–Kier alpha value is -3.54. The van der Waals surface area contributed by atoms with Crippen molar-refractivity contribution < 1.29 is 4.79 Å². The number of amides is 1. The molecule has 3 aromatic heterocycles. The van der Waals surface area contributed by atoms with Crippen molar-refractivity contribution in [1.29, 1.82) is 0 Å². The minimum atomic E-state index is -0.0336. The third-order valence-corrected chi connectivity index (χ3v) is 6.11. The second kappa shape index (κ2) is 7.71. The third kappa shape index (κ3) is 3.14. The van der Waals surface area contributed by atoms with Gasteiger partial charge in [0.25, 0.3) is 5.91 Å². The number of benzene rings is 1. The molecule has 1 aromatic carbocycles. The Bertz CT molecular complexity index is 1170. The SMILES string of the molecule is CN(C(=O)c1cnn2c(-c3cccnc3)ccnc12)C1CCCC1c1ccccc1. The van der Waals surface area contributed by atoms with Crippen LogP contribution in [0.5, 0.6) is 0 Å². The van der Waals surface area contributed by atoms with Crippen LogP contribution in [-0.2, 0) is 0 Å². The lowest BCUT2D eigenvalue weighted by Crippen LogP contribution is -2.38. The monoisotopic (exact) mass is 397 g/mol. The standard InChI is InChI=1S/C24H23N5O/c1-28(22-11-5-10-19(22)17-7-3-2-4-8-17)24(30)20-16-27-29-21(12-14-26-23(20)29)18-9-6-13-25-15-18/h2-4,6-9,12-16,19,22H,5,10-11H2,1H3. The molecule has 0 N–H and O–H groups in total. The summed E-state index contributed by atoms with van der Waals surface area (Å²) in [6.45, 7) is 0. The molecule has 0 bridgehead atoms. The predicted octanol–water partition coefficient (Wildman–Crippen LogP) is 4.20. The first-order valence-electron chi connectivity index (χ1n) is 10.3. The molecule has 1 aliphatic rings. The van der Waals surface area contributed by atoms with Crippen LogP contribution in [0.15, 0.2) is 73.3 Å². The lowest BCUT2D eigenvalue weighted by atomic mass is 9.93. The molecular formula is C24H23N5O. The number of hydrogen-bond acceptors (Lipinski definition) is 4. The average Bonchev–Trinajstić information content (AvgIpc) is 3.46. The molecule has 30 heavy (non-hydrogen) atoms. The molecule has 0 saturated heterocycles. The molecule has 4 aromatic rings. The van der Waals surface area contributed by atoms with E-state index < -0.39 is 0 Å². The first kappa shape index (κ1) is 18.5. The van der Waals surface area contributed by atoms with E-state index in [9.17, 15) is 4.79 Å². The Labute approximate surface area is 175 Å². The highest BCUT2D eigenvalue weighted by atomic mass is 16.2. The Kier molecular flexibility index (Phi) is 4.75. The summed E-state index contributed by atoms with van der Waals surface area (Å²) in [5.41, 5.74) is 4.19. The molecule has 6 heteroatoms. The van der Waals surface area contributed by atoms with Crippen molar-refractivity contribution in [1.82, 2.24) is 24.5 Å². The van der Waals surface area contributed by atoms with Crippen molar-refractivity contribution in [3.8, 4) is 11.3 Å². The van der Waals surface area contributed by atoms with Crippen LogP contribution in [0, 0.1) is 0 Å². The zero-order chi connectivity index (χ0) is 20.5. The van der Waals surface area contributed by atoms with Gasteiger partial charge in [-0.05, 0) is 36.6 Å². The molecule has 1 amide bonds. The molecule has 1 fully saturated rings. The molecular weight excluding hydrogens is 374 g/mol. The van der Waals surface area contributed by atoms with Crippen molar-refractivity contribution in [2.45, 2.75) is 31.2 Å². The number of fused-ring (bicyclic) bond motifs is 1. The van der Waals surface area contributed by atoms with Crippen LogP contribution in [0.25, 0.3) is 16.9 Å². The minimum Gasteiger partial charge on any atom is -0.338 e. The number of nitrogens with zero attached hydrogens (tertiary/aromatic N) is 5. The van der Waals surface area contributed by atoms with E-state index in [0.29, 0.717) is 17.1 Å².